The van der Waals surface area contributed by atoms with Gasteiger partial charge in [0.1, 0.15) is 5.75 Å². The Bertz CT molecular complexity index is 852. The smallest absolute Gasteiger partial charge is 0.336 e. The Kier molecular flexibility index (Phi) is 6.85. The molecule has 0 atom stereocenters. The molecule has 0 radical (unpaired) electrons. The average Bonchev–Trinajstić information content (AvgIpc) is 2.65. The van der Waals surface area contributed by atoms with Crippen molar-refractivity contribution >= 4 is 33.8 Å². The Labute approximate surface area is 170 Å². The number of hydrogen-bond donors (Lipinski definition) is 2. The van der Waals surface area contributed by atoms with E-state index in [1.807, 2.05) is 0 Å². The van der Waals surface area contributed by atoms with E-state index in [0.29, 0.717) is 27.2 Å². The van der Waals surface area contributed by atoms with E-state index in [4.69, 9.17) is 19.9 Å². The molecule has 0 aliphatic carbocycles. The molecule has 1 heterocycles. The van der Waals surface area contributed by atoms with Gasteiger partial charge in [-0.05, 0) is 32.0 Å². The minimum Gasteiger partial charge on any atom is -0.483 e. The van der Waals surface area contributed by atoms with E-state index >= 15 is 0 Å². The minimum atomic E-state index is -0.832. The number of primary amides is 1. The molecule has 0 fully saturated rings. The Morgan fingerprint density at radius 3 is 2.07 bits per heavy atom. The fourth-order valence-electron chi connectivity index (χ4n) is 3.09. The first kappa shape index (κ1) is 21.5. The second kappa shape index (κ2) is 8.92. The van der Waals surface area contributed by atoms with E-state index in [2.05, 4.69) is 21.2 Å². The van der Waals surface area contributed by atoms with E-state index in [-0.39, 0.29) is 17.8 Å². The molecule has 0 aromatic heterocycles. The van der Waals surface area contributed by atoms with Crippen LogP contribution in [0.15, 0.2) is 45.2 Å². The summed E-state index contributed by atoms with van der Waals surface area (Å²) < 4.78 is 16.1. The molecule has 9 heteroatoms. The topological polar surface area (TPSA) is 117 Å². The van der Waals surface area contributed by atoms with Gasteiger partial charge >= 0.3 is 11.9 Å². The molecule has 1 amide bonds. The first-order chi connectivity index (χ1) is 13.2. The van der Waals surface area contributed by atoms with Crippen molar-refractivity contribution in [3.63, 3.8) is 0 Å². The van der Waals surface area contributed by atoms with Crippen molar-refractivity contribution in [1.82, 2.24) is 5.32 Å². The lowest BCUT2D eigenvalue weighted by Gasteiger charge is -2.31. The first-order valence-corrected chi connectivity index (χ1v) is 9.06. The summed E-state index contributed by atoms with van der Waals surface area (Å²) in [6, 6.07) is 5.04. The normalized spacial score (nSPS) is 14.5. The van der Waals surface area contributed by atoms with E-state index in [1.54, 1.807) is 32.0 Å². The largest absolute Gasteiger partial charge is 0.483 e. The second-order valence-electron chi connectivity index (χ2n) is 6.06. The fourth-order valence-corrected chi connectivity index (χ4v) is 3.47. The van der Waals surface area contributed by atoms with Gasteiger partial charge in [-0.3, -0.25) is 4.79 Å². The number of amides is 1. The molecule has 2 rings (SSSR count). The van der Waals surface area contributed by atoms with Crippen LogP contribution < -0.4 is 15.8 Å². The third kappa shape index (κ3) is 4.36. The molecule has 28 heavy (non-hydrogen) atoms. The Morgan fingerprint density at radius 2 is 1.61 bits per heavy atom. The molecule has 0 saturated heterocycles. The number of halogens is 1. The van der Waals surface area contributed by atoms with Crippen LogP contribution >= 0.6 is 15.9 Å². The van der Waals surface area contributed by atoms with E-state index in [1.165, 1.54) is 14.2 Å². The van der Waals surface area contributed by atoms with E-state index in [9.17, 15) is 14.4 Å². The van der Waals surface area contributed by atoms with Crippen LogP contribution in [0.3, 0.4) is 0 Å². The van der Waals surface area contributed by atoms with Gasteiger partial charge in [-0.2, -0.15) is 0 Å². The molecule has 8 nitrogen and oxygen atoms in total. The molecule has 1 aromatic carbocycles. The Hall–Kier alpha value is -2.81. The fraction of sp³-hybridized carbons (Fsp3) is 0.316. The summed E-state index contributed by atoms with van der Waals surface area (Å²) in [5.74, 6) is -2.40. The highest BCUT2D eigenvalue weighted by molar-refractivity contribution is 9.10. The number of hydrogen-bond acceptors (Lipinski definition) is 7. The molecule has 1 aliphatic rings. The van der Waals surface area contributed by atoms with E-state index in [0.717, 1.165) is 0 Å². The predicted octanol–water partition coefficient (Wildman–Crippen LogP) is 1.89. The summed E-state index contributed by atoms with van der Waals surface area (Å²) in [5.41, 5.74) is 7.19. The molecule has 3 N–H and O–H groups in total. The lowest BCUT2D eigenvalue weighted by molar-refractivity contribution is -0.137. The average molecular weight is 453 g/mol. The number of dihydropyridines is 1. The zero-order valence-electron chi connectivity index (χ0n) is 15.9. The van der Waals surface area contributed by atoms with Crippen molar-refractivity contribution in [2.45, 2.75) is 19.8 Å². The van der Waals surface area contributed by atoms with Crippen LogP contribution in [0.2, 0.25) is 0 Å². The van der Waals surface area contributed by atoms with Gasteiger partial charge in [-0.1, -0.05) is 15.9 Å². The maximum Gasteiger partial charge on any atom is 0.336 e. The van der Waals surface area contributed by atoms with Crippen molar-refractivity contribution in [2.24, 2.45) is 5.73 Å². The first-order valence-electron chi connectivity index (χ1n) is 8.27. The number of carbonyl (C=O) groups is 3. The van der Waals surface area contributed by atoms with Crippen LogP contribution in [-0.2, 0) is 23.9 Å². The summed E-state index contributed by atoms with van der Waals surface area (Å²) in [7, 11) is 2.52. The van der Waals surface area contributed by atoms with Gasteiger partial charge in [0, 0.05) is 21.4 Å². The zero-order chi connectivity index (χ0) is 21.0. The van der Waals surface area contributed by atoms with Crippen molar-refractivity contribution in [2.75, 3.05) is 20.8 Å². The molecular formula is C19H21BrN2O6. The molecule has 0 unspecified atom stereocenters. The quantitative estimate of drug-likeness (QED) is 0.632. The molecule has 0 bridgehead atoms. The van der Waals surface area contributed by atoms with Crippen LogP contribution in [0, 0.1) is 0 Å². The van der Waals surface area contributed by atoms with E-state index < -0.39 is 23.8 Å². The maximum atomic E-state index is 12.6. The van der Waals surface area contributed by atoms with Crippen LogP contribution in [0.5, 0.6) is 5.75 Å². The highest BCUT2D eigenvalue weighted by Crippen LogP contribution is 2.43. The second-order valence-corrected chi connectivity index (χ2v) is 6.97. The van der Waals surface area contributed by atoms with Crippen molar-refractivity contribution < 1.29 is 28.6 Å². The molecule has 150 valence electrons. The number of rotatable bonds is 6. The van der Waals surface area contributed by atoms with Gasteiger partial charge in [-0.25, -0.2) is 9.59 Å². The minimum absolute atomic E-state index is 0.232. The number of nitrogens with two attached hydrogens (primary N) is 1. The summed E-state index contributed by atoms with van der Waals surface area (Å²) in [5, 5.41) is 3.02. The third-order valence-corrected chi connectivity index (χ3v) is 4.72. The Balaban J connectivity index is 2.75. The number of ether oxygens (including phenoxy) is 3. The molecular weight excluding hydrogens is 432 g/mol. The van der Waals surface area contributed by atoms with Gasteiger partial charge in [-0.15, -0.1) is 0 Å². The summed E-state index contributed by atoms with van der Waals surface area (Å²) in [4.78, 5) is 36.3. The van der Waals surface area contributed by atoms with Crippen LogP contribution in [0.1, 0.15) is 25.3 Å². The SMILES string of the molecule is COC(=O)C1=C(C)NC(C)=C(C(=O)OC)C1c1cc(Br)ccc1OCC(N)=O. The van der Waals surface area contributed by atoms with Crippen LogP contribution in [0.25, 0.3) is 0 Å². The number of esters is 2. The number of methoxy groups -OCH3 is 2. The number of benzene rings is 1. The van der Waals surface area contributed by atoms with Crippen molar-refractivity contribution in [3.05, 3.63) is 50.8 Å². The van der Waals surface area contributed by atoms with Crippen molar-refractivity contribution in [1.29, 1.82) is 0 Å². The van der Waals surface area contributed by atoms with Crippen molar-refractivity contribution in [3.8, 4) is 5.75 Å². The van der Waals surface area contributed by atoms with Gasteiger partial charge in [0.2, 0.25) is 0 Å². The van der Waals surface area contributed by atoms with Crippen LogP contribution in [-0.4, -0.2) is 38.7 Å². The highest BCUT2D eigenvalue weighted by Gasteiger charge is 2.39. The molecule has 0 spiro atoms. The molecule has 0 saturated carbocycles. The van der Waals surface area contributed by atoms with Crippen LogP contribution in [0.4, 0.5) is 0 Å². The van der Waals surface area contributed by atoms with Gasteiger partial charge in [0.15, 0.2) is 6.61 Å². The number of nitrogens with one attached hydrogen (secondary N) is 1. The van der Waals surface area contributed by atoms with Gasteiger partial charge < -0.3 is 25.3 Å². The standard InChI is InChI=1S/C19H21BrN2O6/c1-9-15(18(24)26-3)17(16(10(2)22-9)19(25)27-4)12-7-11(20)5-6-13(12)28-8-14(21)23/h5-7,17,22H,8H2,1-4H3,(H2,21,23). The Morgan fingerprint density at radius 1 is 1.07 bits per heavy atom. The lowest BCUT2D eigenvalue weighted by Crippen LogP contribution is -2.32. The predicted molar refractivity (Wildman–Crippen MR) is 104 cm³/mol. The summed E-state index contributed by atoms with van der Waals surface area (Å²) >= 11 is 3.39. The molecule has 1 aliphatic heterocycles. The maximum absolute atomic E-state index is 12.6. The third-order valence-electron chi connectivity index (χ3n) is 4.22. The number of allylic oxidation sites excluding steroid dienone is 2. The summed E-state index contributed by atoms with van der Waals surface area (Å²) in [6.07, 6.45) is 0. The summed E-state index contributed by atoms with van der Waals surface area (Å²) in [6.45, 7) is 3.06. The highest BCUT2D eigenvalue weighted by atomic mass is 79.9. The lowest BCUT2D eigenvalue weighted by atomic mass is 9.80. The van der Waals surface area contributed by atoms with Gasteiger partial charge in [0.05, 0.1) is 31.3 Å². The van der Waals surface area contributed by atoms with Gasteiger partial charge in [0.25, 0.3) is 5.91 Å². The molecule has 1 aromatic rings. The monoisotopic (exact) mass is 452 g/mol. The zero-order valence-corrected chi connectivity index (χ0v) is 17.5. The number of carbonyl (C=O) groups excluding carboxylic acids is 3.